The monoisotopic (exact) mass is 324 g/mol. The fourth-order valence-corrected chi connectivity index (χ4v) is 2.59. The summed E-state index contributed by atoms with van der Waals surface area (Å²) >= 11 is 5.76. The smallest absolute Gasteiger partial charge is 0.228 e. The molecular weight excluding hydrogens is 304 g/mol. The number of halogens is 1. The van der Waals surface area contributed by atoms with Crippen molar-refractivity contribution >= 4 is 29.2 Å². The van der Waals surface area contributed by atoms with Crippen LogP contribution < -0.4 is 11.1 Å². The Morgan fingerprint density at radius 3 is 2.68 bits per heavy atom. The van der Waals surface area contributed by atoms with Crippen molar-refractivity contribution in [3.8, 4) is 0 Å². The molecule has 1 fully saturated rings. The van der Waals surface area contributed by atoms with Crippen LogP contribution in [0.15, 0.2) is 18.3 Å². The van der Waals surface area contributed by atoms with E-state index in [9.17, 15) is 9.59 Å². The summed E-state index contributed by atoms with van der Waals surface area (Å²) in [6, 6.07) is 3.36. The van der Waals surface area contributed by atoms with Gasteiger partial charge in [0.15, 0.2) is 0 Å². The van der Waals surface area contributed by atoms with Gasteiger partial charge in [0.1, 0.15) is 5.82 Å². The first kappa shape index (κ1) is 16.7. The highest BCUT2D eigenvalue weighted by molar-refractivity contribution is 6.30. The van der Waals surface area contributed by atoms with Crippen LogP contribution in [0.4, 0.5) is 5.82 Å². The largest absolute Gasteiger partial charge is 0.343 e. The first-order valence-electron chi connectivity index (χ1n) is 7.50. The average molecular weight is 325 g/mol. The summed E-state index contributed by atoms with van der Waals surface area (Å²) in [5.41, 5.74) is 5.41. The Morgan fingerprint density at radius 2 is 2.09 bits per heavy atom. The average Bonchev–Trinajstić information content (AvgIpc) is 2.55. The van der Waals surface area contributed by atoms with Gasteiger partial charge in [0.05, 0.1) is 5.02 Å². The number of piperidine rings is 1. The van der Waals surface area contributed by atoms with Gasteiger partial charge < -0.3 is 16.0 Å². The van der Waals surface area contributed by atoms with Crippen LogP contribution in [0.3, 0.4) is 0 Å². The van der Waals surface area contributed by atoms with E-state index in [4.69, 9.17) is 17.3 Å². The number of nitrogens with zero attached hydrogens (tertiary/aromatic N) is 2. The minimum atomic E-state index is -0.0870. The molecule has 3 N–H and O–H groups in total. The molecule has 1 aliphatic heterocycles. The van der Waals surface area contributed by atoms with Crippen molar-refractivity contribution in [2.75, 3.05) is 25.0 Å². The first-order chi connectivity index (χ1) is 10.6. The number of rotatable bonds is 5. The number of likely N-dealkylation sites (tertiary alicyclic amines) is 1. The molecule has 1 aromatic heterocycles. The highest BCUT2D eigenvalue weighted by Crippen LogP contribution is 2.20. The van der Waals surface area contributed by atoms with E-state index in [0.717, 1.165) is 0 Å². The maximum absolute atomic E-state index is 12.2. The number of aromatic nitrogens is 1. The lowest BCUT2D eigenvalue weighted by molar-refractivity contribution is -0.134. The number of nitrogens with one attached hydrogen (secondary N) is 1. The molecule has 1 saturated heterocycles. The second-order valence-corrected chi connectivity index (χ2v) is 5.83. The quantitative estimate of drug-likeness (QED) is 0.862. The Bertz CT molecular complexity index is 513. The lowest BCUT2D eigenvalue weighted by Gasteiger charge is -2.31. The van der Waals surface area contributed by atoms with Crippen molar-refractivity contribution in [1.29, 1.82) is 0 Å². The Kier molecular flexibility index (Phi) is 6.15. The van der Waals surface area contributed by atoms with E-state index in [1.54, 1.807) is 12.1 Å². The van der Waals surface area contributed by atoms with Gasteiger partial charge >= 0.3 is 0 Å². The van der Waals surface area contributed by atoms with Crippen LogP contribution in [-0.4, -0.2) is 41.3 Å². The molecule has 0 radical (unpaired) electrons. The normalized spacial score (nSPS) is 15.6. The van der Waals surface area contributed by atoms with Gasteiger partial charge in [-0.25, -0.2) is 4.98 Å². The molecule has 1 aromatic rings. The number of anilines is 1. The zero-order chi connectivity index (χ0) is 15.9. The van der Waals surface area contributed by atoms with E-state index in [2.05, 4.69) is 10.3 Å². The van der Waals surface area contributed by atoms with Gasteiger partial charge in [-0.05, 0) is 37.9 Å². The summed E-state index contributed by atoms with van der Waals surface area (Å²) in [6.07, 6.45) is 4.04. The fraction of sp³-hybridized carbons (Fsp3) is 0.533. The van der Waals surface area contributed by atoms with Gasteiger partial charge in [-0.3, -0.25) is 9.59 Å². The summed E-state index contributed by atoms with van der Waals surface area (Å²) in [7, 11) is 0. The van der Waals surface area contributed by atoms with Crippen molar-refractivity contribution in [3.05, 3.63) is 23.4 Å². The molecule has 2 amide bonds. The van der Waals surface area contributed by atoms with Crippen molar-refractivity contribution in [2.24, 2.45) is 11.7 Å². The van der Waals surface area contributed by atoms with Crippen molar-refractivity contribution < 1.29 is 9.59 Å². The minimum Gasteiger partial charge on any atom is -0.343 e. The predicted molar refractivity (Wildman–Crippen MR) is 85.5 cm³/mol. The molecule has 2 heterocycles. The summed E-state index contributed by atoms with van der Waals surface area (Å²) in [6.45, 7) is 1.77. The zero-order valence-corrected chi connectivity index (χ0v) is 13.2. The maximum atomic E-state index is 12.2. The van der Waals surface area contributed by atoms with Crippen LogP contribution >= 0.6 is 11.6 Å². The van der Waals surface area contributed by atoms with Crippen LogP contribution in [0.5, 0.6) is 0 Å². The number of nitrogens with two attached hydrogens (primary N) is 1. The summed E-state index contributed by atoms with van der Waals surface area (Å²) in [5.74, 6) is 0.486. The van der Waals surface area contributed by atoms with Crippen molar-refractivity contribution in [1.82, 2.24) is 9.88 Å². The maximum Gasteiger partial charge on any atom is 0.228 e. The molecule has 0 atom stereocenters. The molecule has 120 valence electrons. The molecule has 0 aromatic carbocycles. The first-order valence-corrected chi connectivity index (χ1v) is 7.88. The van der Waals surface area contributed by atoms with Crippen LogP contribution in [0, 0.1) is 5.92 Å². The van der Waals surface area contributed by atoms with Crippen LogP contribution in [0.1, 0.15) is 25.7 Å². The fourth-order valence-electron chi connectivity index (χ4n) is 2.48. The molecule has 1 aliphatic rings. The minimum absolute atomic E-state index is 0.0520. The third-order valence-corrected chi connectivity index (χ3v) is 4.02. The lowest BCUT2D eigenvalue weighted by atomic mass is 9.95. The molecule has 0 bridgehead atoms. The van der Waals surface area contributed by atoms with Gasteiger partial charge in [0, 0.05) is 31.6 Å². The number of carbonyl (C=O) groups excluding carboxylic acids is 2. The summed E-state index contributed by atoms with van der Waals surface area (Å²) < 4.78 is 0. The second kappa shape index (κ2) is 8.10. The molecule has 0 spiro atoms. The number of amides is 2. The van der Waals surface area contributed by atoms with E-state index < -0.39 is 0 Å². The van der Waals surface area contributed by atoms with E-state index in [-0.39, 0.29) is 17.7 Å². The van der Waals surface area contributed by atoms with Crippen molar-refractivity contribution in [3.63, 3.8) is 0 Å². The number of pyridine rings is 1. The Morgan fingerprint density at radius 1 is 1.36 bits per heavy atom. The van der Waals surface area contributed by atoms with Gasteiger partial charge in [0.25, 0.3) is 0 Å². The third-order valence-electron chi connectivity index (χ3n) is 3.79. The number of carbonyl (C=O) groups is 2. The van der Waals surface area contributed by atoms with Crippen LogP contribution in [0.25, 0.3) is 0 Å². The zero-order valence-electron chi connectivity index (χ0n) is 12.4. The highest BCUT2D eigenvalue weighted by atomic mass is 35.5. The van der Waals surface area contributed by atoms with Crippen LogP contribution in [0.2, 0.25) is 5.02 Å². The number of hydrogen-bond acceptors (Lipinski definition) is 4. The SMILES string of the molecule is NCCCC(=O)N1CCC(C(=O)Nc2ccc(Cl)cn2)CC1. The second-order valence-electron chi connectivity index (χ2n) is 5.40. The van der Waals surface area contributed by atoms with Gasteiger partial charge in [-0.2, -0.15) is 0 Å². The Hall–Kier alpha value is -1.66. The molecule has 0 saturated carbocycles. The number of hydrogen-bond donors (Lipinski definition) is 2. The van der Waals surface area contributed by atoms with Crippen molar-refractivity contribution in [2.45, 2.75) is 25.7 Å². The van der Waals surface area contributed by atoms with Gasteiger partial charge in [-0.15, -0.1) is 0 Å². The Balaban J connectivity index is 1.79. The predicted octanol–water partition coefficient (Wildman–Crippen LogP) is 1.65. The Labute approximate surface area is 135 Å². The molecule has 7 heteroatoms. The van der Waals surface area contributed by atoms with E-state index in [0.29, 0.717) is 56.2 Å². The standard InChI is InChI=1S/C15H21ClN4O2/c16-12-3-4-13(18-10-12)19-15(22)11-5-8-20(9-6-11)14(21)2-1-7-17/h3-4,10-11H,1-2,5-9,17H2,(H,18,19,22). The summed E-state index contributed by atoms with van der Waals surface area (Å²) in [5, 5.41) is 3.32. The van der Waals surface area contributed by atoms with E-state index >= 15 is 0 Å². The molecule has 6 nitrogen and oxygen atoms in total. The summed E-state index contributed by atoms with van der Waals surface area (Å²) in [4.78, 5) is 30.0. The third kappa shape index (κ3) is 4.68. The van der Waals surface area contributed by atoms with Crippen LogP contribution in [-0.2, 0) is 9.59 Å². The van der Waals surface area contributed by atoms with E-state index in [1.807, 2.05) is 4.90 Å². The molecule has 0 aliphatic carbocycles. The molecule has 2 rings (SSSR count). The highest BCUT2D eigenvalue weighted by Gasteiger charge is 2.27. The van der Waals surface area contributed by atoms with Gasteiger partial charge in [-0.1, -0.05) is 11.6 Å². The topological polar surface area (TPSA) is 88.3 Å². The van der Waals surface area contributed by atoms with E-state index in [1.165, 1.54) is 6.20 Å². The molecule has 0 unspecified atom stereocenters. The van der Waals surface area contributed by atoms with Gasteiger partial charge in [0.2, 0.25) is 11.8 Å². The molecular formula is C15H21ClN4O2. The molecule has 22 heavy (non-hydrogen) atoms. The lowest BCUT2D eigenvalue weighted by Crippen LogP contribution is -2.41.